The van der Waals surface area contributed by atoms with Crippen molar-refractivity contribution in [2.75, 3.05) is 5.73 Å². The van der Waals surface area contributed by atoms with Crippen LogP contribution in [0.2, 0.25) is 0 Å². The smallest absolute Gasteiger partial charge is 0.161 e. The molecule has 6 heteroatoms. The number of Topliss-reactive ketones (excluding diaryl/α,β-unsaturated/α-hetero) is 4. The van der Waals surface area contributed by atoms with Gasteiger partial charge in [0.05, 0.1) is 0 Å². The van der Waals surface area contributed by atoms with E-state index in [0.717, 1.165) is 24.3 Å². The highest BCUT2D eigenvalue weighted by molar-refractivity contribution is 6.02. The number of carbonyl (C=O) groups excluding carboxylic acids is 4. The molecule has 0 aliphatic heterocycles. The molecule has 0 heterocycles. The summed E-state index contributed by atoms with van der Waals surface area (Å²) in [6, 6.07) is 10.0. The summed E-state index contributed by atoms with van der Waals surface area (Å²) in [7, 11) is 0. The summed E-state index contributed by atoms with van der Waals surface area (Å²) in [5, 5.41) is 0. The van der Waals surface area contributed by atoms with Crippen LogP contribution in [0.1, 0.15) is 108 Å². The monoisotopic (exact) mass is 466 g/mol. The molecule has 2 aromatic carbocycles. The second-order valence-electron chi connectivity index (χ2n) is 9.10. The van der Waals surface area contributed by atoms with Crippen LogP contribution in [0, 0.1) is 5.92 Å². The Balaban J connectivity index is 0.000000298. The first-order valence-corrected chi connectivity index (χ1v) is 11.6. The summed E-state index contributed by atoms with van der Waals surface area (Å²) in [5.41, 5.74) is 14.9. The van der Waals surface area contributed by atoms with E-state index >= 15 is 0 Å². The predicted molar refractivity (Wildman–Crippen MR) is 138 cm³/mol. The maximum atomic E-state index is 11.5. The van der Waals surface area contributed by atoms with Gasteiger partial charge in [-0.25, -0.2) is 0 Å². The summed E-state index contributed by atoms with van der Waals surface area (Å²) < 4.78 is 0. The van der Waals surface area contributed by atoms with E-state index in [4.69, 9.17) is 11.5 Å². The van der Waals surface area contributed by atoms with Crippen LogP contribution in [0.4, 0.5) is 5.69 Å². The number of ketones is 4. The minimum atomic E-state index is -0.0902. The Morgan fingerprint density at radius 2 is 1.26 bits per heavy atom. The number of aryl methyl sites for hydroxylation is 1. The number of nitrogens with two attached hydrogens (primary N) is 2. The molecular weight excluding hydrogens is 428 g/mol. The first kappa shape index (κ1) is 28.9. The zero-order valence-corrected chi connectivity index (χ0v) is 21.2. The van der Waals surface area contributed by atoms with Crippen molar-refractivity contribution in [2.24, 2.45) is 11.7 Å². The summed E-state index contributed by atoms with van der Waals surface area (Å²) in [5.74, 6) is 0.983. The Labute approximate surface area is 203 Å². The zero-order valence-electron chi connectivity index (χ0n) is 21.2. The molecule has 1 fully saturated rings. The molecule has 4 N–H and O–H groups in total. The fourth-order valence-corrected chi connectivity index (χ4v) is 3.02. The molecule has 1 atom stereocenters. The standard InChI is InChI=1S/C14H19NO2.C10H11NO2.C4H8/c1-9(15)4-5-13-8-12(10(2)16)6-7-14(13)11(3)17;1-6(12)8-3-4-9(7(2)13)10(11)5-8;1-4-2-3-4/h6-9H,4-5,15H2,1-3H3;3-5H,11H2,1-2H3;4H,2-3H2,1H3. The van der Waals surface area contributed by atoms with Crippen LogP contribution in [0.25, 0.3) is 0 Å². The van der Waals surface area contributed by atoms with Crippen LogP contribution in [0.3, 0.4) is 0 Å². The molecule has 3 rings (SSSR count). The molecule has 6 nitrogen and oxygen atoms in total. The van der Waals surface area contributed by atoms with Gasteiger partial charge in [-0.3, -0.25) is 19.2 Å². The van der Waals surface area contributed by atoms with Crippen molar-refractivity contribution in [1.82, 2.24) is 0 Å². The van der Waals surface area contributed by atoms with E-state index in [1.165, 1.54) is 46.6 Å². The van der Waals surface area contributed by atoms with Gasteiger partial charge in [0.2, 0.25) is 0 Å². The number of hydrogen-bond donors (Lipinski definition) is 2. The van der Waals surface area contributed by atoms with E-state index in [1.54, 1.807) is 30.3 Å². The number of benzene rings is 2. The minimum absolute atomic E-state index is 0.0159. The Hall–Kier alpha value is -3.12. The number of anilines is 1. The van der Waals surface area contributed by atoms with E-state index in [0.29, 0.717) is 27.9 Å². The van der Waals surface area contributed by atoms with Crippen LogP contribution in [-0.2, 0) is 6.42 Å². The Morgan fingerprint density at radius 3 is 1.62 bits per heavy atom. The zero-order chi connectivity index (χ0) is 26.0. The summed E-state index contributed by atoms with van der Waals surface area (Å²) in [4.78, 5) is 44.7. The second kappa shape index (κ2) is 13.6. The molecule has 34 heavy (non-hydrogen) atoms. The highest BCUT2D eigenvalue weighted by Gasteiger charge is 2.13. The SMILES string of the molecule is CC(=O)c1ccc(C(C)=O)c(CCC(C)N)c1.CC(=O)c1ccc(C(C)=O)c(N)c1.CC1CC1. The van der Waals surface area contributed by atoms with Crippen molar-refractivity contribution in [1.29, 1.82) is 0 Å². The molecular formula is C28H38N2O4. The van der Waals surface area contributed by atoms with Crippen LogP contribution in [0.5, 0.6) is 0 Å². The molecule has 2 aromatic rings. The predicted octanol–water partition coefficient (Wildman–Crippen LogP) is 5.46. The maximum Gasteiger partial charge on any atom is 0.161 e. The number of rotatable bonds is 7. The largest absolute Gasteiger partial charge is 0.398 e. The molecule has 1 saturated carbocycles. The van der Waals surface area contributed by atoms with E-state index in [1.807, 2.05) is 6.92 Å². The van der Waals surface area contributed by atoms with Gasteiger partial charge in [0.1, 0.15) is 0 Å². The van der Waals surface area contributed by atoms with Gasteiger partial charge in [0.25, 0.3) is 0 Å². The van der Waals surface area contributed by atoms with Crippen LogP contribution in [0.15, 0.2) is 36.4 Å². The van der Waals surface area contributed by atoms with Gasteiger partial charge in [-0.05, 0) is 77.1 Å². The molecule has 0 saturated heterocycles. The van der Waals surface area contributed by atoms with Gasteiger partial charge in [-0.15, -0.1) is 0 Å². The number of carbonyl (C=O) groups is 4. The number of hydrogen-bond acceptors (Lipinski definition) is 6. The molecule has 1 aliphatic rings. The Kier molecular flexibility index (Phi) is 11.5. The summed E-state index contributed by atoms with van der Waals surface area (Å²) in [6.07, 6.45) is 4.51. The van der Waals surface area contributed by atoms with Gasteiger partial charge in [0, 0.05) is 34.0 Å². The molecule has 184 valence electrons. The molecule has 0 aromatic heterocycles. The minimum Gasteiger partial charge on any atom is -0.398 e. The lowest BCUT2D eigenvalue weighted by atomic mass is 9.95. The Bertz CT molecular complexity index is 1040. The molecule has 1 unspecified atom stereocenters. The quantitative estimate of drug-likeness (QED) is 0.413. The Morgan fingerprint density at radius 1 is 0.824 bits per heavy atom. The van der Waals surface area contributed by atoms with Crippen molar-refractivity contribution in [3.8, 4) is 0 Å². The van der Waals surface area contributed by atoms with E-state index in [-0.39, 0.29) is 29.2 Å². The topological polar surface area (TPSA) is 120 Å². The second-order valence-corrected chi connectivity index (χ2v) is 9.10. The van der Waals surface area contributed by atoms with Gasteiger partial charge >= 0.3 is 0 Å². The first-order valence-electron chi connectivity index (χ1n) is 11.6. The molecule has 0 spiro atoms. The molecule has 0 amide bonds. The van der Waals surface area contributed by atoms with Crippen molar-refractivity contribution < 1.29 is 19.2 Å². The van der Waals surface area contributed by atoms with Crippen molar-refractivity contribution in [3.63, 3.8) is 0 Å². The fourth-order valence-electron chi connectivity index (χ4n) is 3.02. The first-order chi connectivity index (χ1) is 15.8. The average Bonchev–Trinajstić information content (AvgIpc) is 3.54. The molecule has 1 aliphatic carbocycles. The lowest BCUT2D eigenvalue weighted by Gasteiger charge is -2.10. The maximum absolute atomic E-state index is 11.5. The fraction of sp³-hybridized carbons (Fsp3) is 0.429. The molecule has 0 radical (unpaired) electrons. The third kappa shape index (κ3) is 10.2. The highest BCUT2D eigenvalue weighted by Crippen LogP contribution is 2.26. The van der Waals surface area contributed by atoms with Gasteiger partial charge < -0.3 is 11.5 Å². The van der Waals surface area contributed by atoms with Crippen molar-refractivity contribution in [3.05, 3.63) is 64.2 Å². The van der Waals surface area contributed by atoms with Crippen molar-refractivity contribution in [2.45, 2.75) is 73.3 Å². The van der Waals surface area contributed by atoms with Gasteiger partial charge in [-0.1, -0.05) is 38.0 Å². The van der Waals surface area contributed by atoms with Crippen LogP contribution in [-0.4, -0.2) is 29.2 Å². The summed E-state index contributed by atoms with van der Waals surface area (Å²) in [6.45, 7) is 10.2. The highest BCUT2D eigenvalue weighted by atomic mass is 16.1. The van der Waals surface area contributed by atoms with Crippen LogP contribution >= 0.6 is 0 Å². The third-order valence-corrected chi connectivity index (χ3v) is 5.46. The van der Waals surface area contributed by atoms with E-state index < -0.39 is 0 Å². The van der Waals surface area contributed by atoms with Gasteiger partial charge in [-0.2, -0.15) is 0 Å². The summed E-state index contributed by atoms with van der Waals surface area (Å²) >= 11 is 0. The normalized spacial score (nSPS) is 12.9. The average molecular weight is 467 g/mol. The molecule has 0 bridgehead atoms. The van der Waals surface area contributed by atoms with Gasteiger partial charge in [0.15, 0.2) is 23.1 Å². The lowest BCUT2D eigenvalue weighted by Crippen LogP contribution is -2.16. The van der Waals surface area contributed by atoms with E-state index in [9.17, 15) is 19.2 Å². The third-order valence-electron chi connectivity index (χ3n) is 5.46. The van der Waals surface area contributed by atoms with E-state index in [2.05, 4.69) is 6.92 Å². The lowest BCUT2D eigenvalue weighted by molar-refractivity contribution is 0.100. The van der Waals surface area contributed by atoms with Crippen LogP contribution < -0.4 is 11.5 Å². The van der Waals surface area contributed by atoms with Crippen molar-refractivity contribution >= 4 is 28.8 Å². The number of nitrogen functional groups attached to an aromatic ring is 1.